The standard InChI is InChI=1S/C14H27N3O/c1-11(10-17-8-4-5-9-17)16-14(18)12-6-2-3-7-13(12)15/h11-13H,2-10,15H2,1H3,(H,16,18). The molecule has 3 atom stereocenters. The monoisotopic (exact) mass is 253 g/mol. The number of nitrogens with two attached hydrogens (primary N) is 1. The third kappa shape index (κ3) is 3.69. The highest BCUT2D eigenvalue weighted by Gasteiger charge is 2.29. The van der Waals surface area contributed by atoms with Crippen molar-refractivity contribution in [1.82, 2.24) is 10.2 Å². The predicted octanol–water partition coefficient (Wildman–Crippen LogP) is 1.10. The lowest BCUT2D eigenvalue weighted by Crippen LogP contribution is -2.48. The Morgan fingerprint density at radius 3 is 2.61 bits per heavy atom. The van der Waals surface area contributed by atoms with E-state index in [0.717, 1.165) is 25.8 Å². The van der Waals surface area contributed by atoms with Gasteiger partial charge in [-0.25, -0.2) is 0 Å². The zero-order valence-corrected chi connectivity index (χ0v) is 11.5. The largest absolute Gasteiger partial charge is 0.352 e. The van der Waals surface area contributed by atoms with E-state index >= 15 is 0 Å². The first-order chi connectivity index (χ1) is 8.66. The molecule has 0 aromatic heterocycles. The molecule has 4 heteroatoms. The van der Waals surface area contributed by atoms with Crippen LogP contribution >= 0.6 is 0 Å². The Balaban J connectivity index is 1.75. The number of carbonyl (C=O) groups is 1. The molecule has 1 saturated carbocycles. The molecule has 18 heavy (non-hydrogen) atoms. The first-order valence-electron chi connectivity index (χ1n) is 7.45. The number of amides is 1. The van der Waals surface area contributed by atoms with Crippen LogP contribution in [-0.2, 0) is 4.79 Å². The molecule has 104 valence electrons. The van der Waals surface area contributed by atoms with Crippen LogP contribution in [-0.4, -0.2) is 42.5 Å². The lowest BCUT2D eigenvalue weighted by Gasteiger charge is -2.29. The second-order valence-electron chi connectivity index (χ2n) is 5.97. The number of nitrogens with one attached hydrogen (secondary N) is 1. The van der Waals surface area contributed by atoms with Crippen molar-refractivity contribution in [2.75, 3.05) is 19.6 Å². The molecule has 4 nitrogen and oxygen atoms in total. The van der Waals surface area contributed by atoms with Gasteiger partial charge in [0.1, 0.15) is 0 Å². The predicted molar refractivity (Wildman–Crippen MR) is 73.2 cm³/mol. The highest BCUT2D eigenvalue weighted by Crippen LogP contribution is 2.23. The zero-order chi connectivity index (χ0) is 13.0. The second-order valence-corrected chi connectivity index (χ2v) is 5.97. The van der Waals surface area contributed by atoms with Gasteiger partial charge in [0, 0.05) is 18.6 Å². The van der Waals surface area contributed by atoms with Gasteiger partial charge in [-0.3, -0.25) is 4.79 Å². The summed E-state index contributed by atoms with van der Waals surface area (Å²) in [6, 6.07) is 0.308. The Bertz CT molecular complexity index is 276. The molecule has 2 fully saturated rings. The minimum Gasteiger partial charge on any atom is -0.352 e. The molecule has 3 N–H and O–H groups in total. The summed E-state index contributed by atoms with van der Waals surface area (Å²) in [5, 5.41) is 3.15. The van der Waals surface area contributed by atoms with Crippen LogP contribution in [0.2, 0.25) is 0 Å². The van der Waals surface area contributed by atoms with Gasteiger partial charge in [-0.2, -0.15) is 0 Å². The first-order valence-corrected chi connectivity index (χ1v) is 7.45. The van der Waals surface area contributed by atoms with Crippen molar-refractivity contribution < 1.29 is 4.79 Å². The number of carbonyl (C=O) groups excluding carboxylic acids is 1. The molecule has 2 aliphatic rings. The number of likely N-dealkylation sites (tertiary alicyclic amines) is 1. The van der Waals surface area contributed by atoms with Crippen LogP contribution in [0.1, 0.15) is 45.4 Å². The van der Waals surface area contributed by atoms with Crippen LogP contribution in [0.4, 0.5) is 0 Å². The first kappa shape index (κ1) is 13.8. The molecule has 0 aromatic rings. The molecular formula is C14H27N3O. The second kappa shape index (κ2) is 6.53. The number of rotatable bonds is 4. The average Bonchev–Trinajstić information content (AvgIpc) is 2.82. The summed E-state index contributed by atoms with van der Waals surface area (Å²) in [4.78, 5) is 14.6. The highest BCUT2D eigenvalue weighted by molar-refractivity contribution is 5.79. The van der Waals surface area contributed by atoms with E-state index in [1.165, 1.54) is 32.4 Å². The van der Waals surface area contributed by atoms with Crippen molar-refractivity contribution in [2.45, 2.75) is 57.5 Å². The van der Waals surface area contributed by atoms with E-state index in [1.807, 2.05) is 0 Å². The third-order valence-electron chi connectivity index (χ3n) is 4.28. The number of hydrogen-bond donors (Lipinski definition) is 2. The van der Waals surface area contributed by atoms with E-state index in [9.17, 15) is 4.79 Å². The Morgan fingerprint density at radius 1 is 1.28 bits per heavy atom. The fourth-order valence-electron chi connectivity index (χ4n) is 3.23. The van der Waals surface area contributed by atoms with Gasteiger partial charge in [0.15, 0.2) is 0 Å². The summed E-state index contributed by atoms with van der Waals surface area (Å²) in [5.41, 5.74) is 6.05. The molecule has 0 aromatic carbocycles. The Labute approximate surface area is 110 Å². The molecule has 1 saturated heterocycles. The summed E-state index contributed by atoms with van der Waals surface area (Å²) in [7, 11) is 0. The maximum Gasteiger partial charge on any atom is 0.224 e. The summed E-state index contributed by atoms with van der Waals surface area (Å²) in [5.74, 6) is 0.216. The minimum absolute atomic E-state index is 0.0415. The summed E-state index contributed by atoms with van der Waals surface area (Å²) >= 11 is 0. The van der Waals surface area contributed by atoms with E-state index in [4.69, 9.17) is 5.73 Å². The van der Waals surface area contributed by atoms with Crippen LogP contribution in [0.25, 0.3) is 0 Å². The molecule has 0 radical (unpaired) electrons. The van der Waals surface area contributed by atoms with E-state index in [0.29, 0.717) is 0 Å². The van der Waals surface area contributed by atoms with Crippen molar-refractivity contribution in [2.24, 2.45) is 11.7 Å². The van der Waals surface area contributed by atoms with Crippen molar-refractivity contribution in [3.8, 4) is 0 Å². The molecule has 1 aliphatic heterocycles. The topological polar surface area (TPSA) is 58.4 Å². The van der Waals surface area contributed by atoms with Gasteiger partial charge in [0.05, 0.1) is 5.92 Å². The smallest absolute Gasteiger partial charge is 0.224 e. The van der Waals surface area contributed by atoms with Gasteiger partial charge in [-0.1, -0.05) is 12.8 Å². The van der Waals surface area contributed by atoms with Crippen molar-refractivity contribution in [3.63, 3.8) is 0 Å². The molecule has 1 amide bonds. The number of nitrogens with zero attached hydrogens (tertiary/aromatic N) is 1. The normalized spacial score (nSPS) is 31.2. The van der Waals surface area contributed by atoms with Crippen LogP contribution in [0.15, 0.2) is 0 Å². The Hall–Kier alpha value is -0.610. The summed E-state index contributed by atoms with van der Waals surface area (Å²) < 4.78 is 0. The fraction of sp³-hybridized carbons (Fsp3) is 0.929. The van der Waals surface area contributed by atoms with Crippen molar-refractivity contribution in [3.05, 3.63) is 0 Å². The van der Waals surface area contributed by atoms with Gasteiger partial charge < -0.3 is 16.0 Å². The molecule has 1 aliphatic carbocycles. The van der Waals surface area contributed by atoms with Gasteiger partial charge in [-0.15, -0.1) is 0 Å². The lowest BCUT2D eigenvalue weighted by atomic mass is 9.84. The average molecular weight is 253 g/mol. The fourth-order valence-corrected chi connectivity index (χ4v) is 3.23. The van der Waals surface area contributed by atoms with Gasteiger partial charge in [0.25, 0.3) is 0 Å². The Kier molecular flexibility index (Phi) is 5.01. The zero-order valence-electron chi connectivity index (χ0n) is 11.5. The van der Waals surface area contributed by atoms with E-state index in [2.05, 4.69) is 17.1 Å². The SMILES string of the molecule is CC(CN1CCCC1)NC(=O)C1CCCCC1N. The van der Waals surface area contributed by atoms with Crippen molar-refractivity contribution in [1.29, 1.82) is 0 Å². The van der Waals surface area contributed by atoms with E-state index in [-0.39, 0.29) is 23.9 Å². The summed E-state index contributed by atoms with van der Waals surface area (Å²) in [6.07, 6.45) is 6.88. The number of hydrogen-bond acceptors (Lipinski definition) is 3. The van der Waals surface area contributed by atoms with Gasteiger partial charge >= 0.3 is 0 Å². The van der Waals surface area contributed by atoms with Gasteiger partial charge in [0.2, 0.25) is 5.91 Å². The lowest BCUT2D eigenvalue weighted by molar-refractivity contribution is -0.127. The quantitative estimate of drug-likeness (QED) is 0.789. The van der Waals surface area contributed by atoms with Crippen LogP contribution in [0.3, 0.4) is 0 Å². The molecule has 1 heterocycles. The van der Waals surface area contributed by atoms with Gasteiger partial charge in [-0.05, 0) is 45.7 Å². The highest BCUT2D eigenvalue weighted by atomic mass is 16.2. The molecular weight excluding hydrogens is 226 g/mol. The van der Waals surface area contributed by atoms with Crippen LogP contribution in [0, 0.1) is 5.92 Å². The van der Waals surface area contributed by atoms with Crippen LogP contribution in [0.5, 0.6) is 0 Å². The van der Waals surface area contributed by atoms with Crippen LogP contribution < -0.4 is 11.1 Å². The van der Waals surface area contributed by atoms with E-state index < -0.39 is 0 Å². The maximum atomic E-state index is 12.2. The minimum atomic E-state index is 0.0415. The van der Waals surface area contributed by atoms with E-state index in [1.54, 1.807) is 0 Å². The summed E-state index contributed by atoms with van der Waals surface area (Å²) in [6.45, 7) is 5.45. The molecule has 0 bridgehead atoms. The maximum absolute atomic E-state index is 12.2. The Morgan fingerprint density at radius 2 is 1.94 bits per heavy atom. The third-order valence-corrected chi connectivity index (χ3v) is 4.28. The molecule has 0 spiro atoms. The molecule has 3 unspecified atom stereocenters. The van der Waals surface area contributed by atoms with Crippen molar-refractivity contribution >= 4 is 5.91 Å². The molecule has 2 rings (SSSR count).